The highest BCUT2D eigenvalue weighted by Crippen LogP contribution is 2.22. The van der Waals surface area contributed by atoms with Crippen LogP contribution in [-0.2, 0) is 17.8 Å². The third kappa shape index (κ3) is 9.87. The van der Waals surface area contributed by atoms with Gasteiger partial charge in [-0.25, -0.2) is 9.97 Å². The Balaban J connectivity index is 0.000000319. The molecule has 37 heavy (non-hydrogen) atoms. The fourth-order valence-electron chi connectivity index (χ4n) is 4.23. The van der Waals surface area contributed by atoms with E-state index in [0.29, 0.717) is 0 Å². The van der Waals surface area contributed by atoms with E-state index < -0.39 is 0 Å². The number of fused-ring (bicyclic) bond motifs is 1. The Morgan fingerprint density at radius 2 is 1.24 bits per heavy atom. The fourth-order valence-corrected chi connectivity index (χ4v) is 4.23. The summed E-state index contributed by atoms with van der Waals surface area (Å²) < 4.78 is 0. The lowest BCUT2D eigenvalue weighted by Crippen LogP contribution is -2.33. The zero-order valence-electron chi connectivity index (χ0n) is 22.7. The monoisotopic (exact) mass is 505 g/mol. The zero-order valence-corrected chi connectivity index (χ0v) is 22.7. The second kappa shape index (κ2) is 17.9. The van der Waals surface area contributed by atoms with Crippen molar-refractivity contribution in [2.24, 2.45) is 0 Å². The van der Waals surface area contributed by atoms with Gasteiger partial charge in [0.05, 0.1) is 0 Å². The molecule has 0 saturated carbocycles. The third-order valence-corrected chi connectivity index (χ3v) is 6.02. The number of carbonyl (C=O) groups is 1. The van der Waals surface area contributed by atoms with Crippen LogP contribution in [0.1, 0.15) is 59.6 Å². The summed E-state index contributed by atoms with van der Waals surface area (Å²) >= 11 is 0. The number of anilines is 2. The first-order chi connectivity index (χ1) is 17.7. The van der Waals surface area contributed by atoms with E-state index in [0.717, 1.165) is 63.7 Å². The van der Waals surface area contributed by atoms with Crippen molar-refractivity contribution >= 4 is 17.5 Å². The highest BCUT2D eigenvalue weighted by molar-refractivity contribution is 5.73. The van der Waals surface area contributed by atoms with Crippen molar-refractivity contribution in [3.8, 4) is 0 Å². The number of amides is 1. The Kier molecular flexibility index (Phi) is 15.3. The molecule has 6 nitrogen and oxygen atoms in total. The second-order valence-corrected chi connectivity index (χ2v) is 8.16. The summed E-state index contributed by atoms with van der Waals surface area (Å²) in [5.41, 5.74) is 2.91. The predicted molar refractivity (Wildman–Crippen MR) is 158 cm³/mol. The van der Waals surface area contributed by atoms with Crippen LogP contribution in [0.3, 0.4) is 0 Å². The van der Waals surface area contributed by atoms with Gasteiger partial charge >= 0.3 is 0 Å². The van der Waals surface area contributed by atoms with Crippen LogP contribution in [-0.4, -0.2) is 53.5 Å². The van der Waals surface area contributed by atoms with E-state index in [1.165, 1.54) is 11.1 Å². The highest BCUT2D eigenvalue weighted by atomic mass is 16.2. The van der Waals surface area contributed by atoms with Crippen LogP contribution in [0.25, 0.3) is 0 Å². The topological polar surface area (TPSA) is 52.6 Å². The standard InChI is InChI=1S/C14H14N2.C12H17N3O.2C2H6.CH4/c1-2-6-13-11-16(10-8-12(13)5-1)14-7-3-4-9-15-14;1-11(16)14-7-4-8-15(10-9-14)12-5-2-3-6-13-12;2*1-2;/h1-7,9H,8,10-11H2;2-3,5-6H,4,7-10H2,1H3;2*1-2H3;1H4. The molecular weight excluding hydrogens is 458 g/mol. The lowest BCUT2D eigenvalue weighted by Gasteiger charge is -2.29. The molecule has 1 saturated heterocycles. The summed E-state index contributed by atoms with van der Waals surface area (Å²) in [7, 11) is 0. The number of nitrogens with zero attached hydrogens (tertiary/aromatic N) is 5. The van der Waals surface area contributed by atoms with Gasteiger partial charge in [0.2, 0.25) is 5.91 Å². The van der Waals surface area contributed by atoms with Crippen LogP contribution in [0.5, 0.6) is 0 Å². The molecule has 2 aliphatic rings. The van der Waals surface area contributed by atoms with Gasteiger partial charge in [0.15, 0.2) is 0 Å². The van der Waals surface area contributed by atoms with Crippen LogP contribution in [0.4, 0.5) is 11.6 Å². The smallest absolute Gasteiger partial charge is 0.219 e. The minimum Gasteiger partial charge on any atom is -0.355 e. The first-order valence-corrected chi connectivity index (χ1v) is 13.3. The number of rotatable bonds is 2. The van der Waals surface area contributed by atoms with Gasteiger partial charge in [0.1, 0.15) is 11.6 Å². The summed E-state index contributed by atoms with van der Waals surface area (Å²) in [6.07, 6.45) is 5.79. The number of pyridine rings is 2. The van der Waals surface area contributed by atoms with Gasteiger partial charge in [-0.3, -0.25) is 4.79 Å². The summed E-state index contributed by atoms with van der Waals surface area (Å²) in [4.78, 5) is 26.5. The van der Waals surface area contributed by atoms with Crippen LogP contribution < -0.4 is 9.80 Å². The summed E-state index contributed by atoms with van der Waals surface area (Å²) in [6, 6.07) is 20.7. The van der Waals surface area contributed by atoms with Crippen molar-refractivity contribution in [2.45, 2.75) is 61.4 Å². The Morgan fingerprint density at radius 3 is 1.81 bits per heavy atom. The maximum atomic E-state index is 11.3. The highest BCUT2D eigenvalue weighted by Gasteiger charge is 2.17. The molecule has 6 heteroatoms. The third-order valence-electron chi connectivity index (χ3n) is 6.02. The SMILES string of the molecule is C.CC.CC.CC(=O)N1CCCN(c2ccccn2)CC1.c1ccc(N2CCc3ccccc3C2)nc1. The van der Waals surface area contributed by atoms with Gasteiger partial charge < -0.3 is 14.7 Å². The van der Waals surface area contributed by atoms with Crippen LogP contribution in [0.2, 0.25) is 0 Å². The van der Waals surface area contributed by atoms with Crippen molar-refractivity contribution in [1.82, 2.24) is 14.9 Å². The Bertz CT molecular complexity index is 997. The largest absolute Gasteiger partial charge is 0.355 e. The van der Waals surface area contributed by atoms with Crippen LogP contribution >= 0.6 is 0 Å². The van der Waals surface area contributed by atoms with Crippen molar-refractivity contribution in [3.63, 3.8) is 0 Å². The second-order valence-electron chi connectivity index (χ2n) is 8.16. The molecule has 1 aromatic carbocycles. The molecule has 0 aliphatic carbocycles. The summed E-state index contributed by atoms with van der Waals surface area (Å²) in [6.45, 7) is 15.2. The van der Waals surface area contributed by atoms with E-state index >= 15 is 0 Å². The first-order valence-electron chi connectivity index (χ1n) is 13.3. The lowest BCUT2D eigenvalue weighted by molar-refractivity contribution is -0.128. The number of hydrogen-bond donors (Lipinski definition) is 0. The molecule has 5 rings (SSSR count). The molecule has 0 spiro atoms. The van der Waals surface area contributed by atoms with Crippen molar-refractivity contribution < 1.29 is 4.79 Å². The molecule has 1 amide bonds. The molecule has 3 aromatic rings. The van der Waals surface area contributed by atoms with Gasteiger partial charge in [-0.05, 0) is 48.2 Å². The van der Waals surface area contributed by atoms with E-state index in [4.69, 9.17) is 0 Å². The molecule has 0 N–H and O–H groups in total. The molecular formula is C31H47N5O. The molecule has 1 fully saturated rings. The van der Waals surface area contributed by atoms with Crippen LogP contribution in [0, 0.1) is 0 Å². The van der Waals surface area contributed by atoms with E-state index in [1.807, 2.05) is 75.3 Å². The van der Waals surface area contributed by atoms with Gasteiger partial charge in [0, 0.05) is 58.6 Å². The normalized spacial score (nSPS) is 14.0. The summed E-state index contributed by atoms with van der Waals surface area (Å²) in [5.74, 6) is 2.26. The Labute approximate surface area is 225 Å². The number of hydrogen-bond acceptors (Lipinski definition) is 5. The maximum Gasteiger partial charge on any atom is 0.219 e. The Morgan fingerprint density at radius 1 is 0.676 bits per heavy atom. The van der Waals surface area contributed by atoms with E-state index in [9.17, 15) is 4.79 Å². The molecule has 0 unspecified atom stereocenters. The number of carbonyl (C=O) groups excluding carboxylic acids is 1. The first kappa shape index (κ1) is 31.6. The van der Waals surface area contributed by atoms with Crippen molar-refractivity contribution in [1.29, 1.82) is 0 Å². The molecule has 2 aliphatic heterocycles. The average molecular weight is 506 g/mol. The average Bonchev–Trinajstić information content (AvgIpc) is 3.23. The minimum atomic E-state index is 0. The molecule has 0 bridgehead atoms. The van der Waals surface area contributed by atoms with Crippen LogP contribution in [0.15, 0.2) is 73.1 Å². The Hall–Kier alpha value is -3.41. The molecule has 0 radical (unpaired) electrons. The molecule has 4 heterocycles. The fraction of sp³-hybridized carbons (Fsp3) is 0.452. The van der Waals surface area contributed by atoms with Gasteiger partial charge in [-0.2, -0.15) is 0 Å². The molecule has 0 atom stereocenters. The van der Waals surface area contributed by atoms with E-state index in [1.54, 1.807) is 6.92 Å². The van der Waals surface area contributed by atoms with Gasteiger partial charge in [0.25, 0.3) is 0 Å². The summed E-state index contributed by atoms with van der Waals surface area (Å²) in [5, 5.41) is 0. The molecule has 202 valence electrons. The van der Waals surface area contributed by atoms with Crippen molar-refractivity contribution in [3.05, 3.63) is 84.2 Å². The number of aromatic nitrogens is 2. The zero-order chi connectivity index (χ0) is 26.2. The van der Waals surface area contributed by atoms with Gasteiger partial charge in [-0.1, -0.05) is 71.5 Å². The number of benzene rings is 1. The predicted octanol–water partition coefficient (Wildman–Crippen LogP) is 6.47. The minimum absolute atomic E-state index is 0. The maximum absolute atomic E-state index is 11.3. The van der Waals surface area contributed by atoms with E-state index in [2.05, 4.69) is 50.1 Å². The molecule has 2 aromatic heterocycles. The van der Waals surface area contributed by atoms with Crippen molar-refractivity contribution in [2.75, 3.05) is 42.5 Å². The van der Waals surface area contributed by atoms with E-state index in [-0.39, 0.29) is 13.3 Å². The quantitative estimate of drug-likeness (QED) is 0.399. The van der Waals surface area contributed by atoms with Gasteiger partial charge in [-0.15, -0.1) is 0 Å². The lowest BCUT2D eigenvalue weighted by atomic mass is 10.00.